The first-order chi connectivity index (χ1) is 9.76. The third kappa shape index (κ3) is 3.64. The van der Waals surface area contributed by atoms with Crippen molar-refractivity contribution in [3.05, 3.63) is 23.8 Å². The molecule has 0 aliphatic carbocycles. The summed E-state index contributed by atoms with van der Waals surface area (Å²) in [7, 11) is 0. The molecule has 112 valence electrons. The molecule has 2 rings (SSSR count). The van der Waals surface area contributed by atoms with Gasteiger partial charge >= 0.3 is 0 Å². The number of rotatable bonds is 6. The Kier molecular flexibility index (Phi) is 5.68. The predicted molar refractivity (Wildman–Crippen MR) is 79.3 cm³/mol. The van der Waals surface area contributed by atoms with E-state index in [-0.39, 0.29) is 6.04 Å². The molecule has 1 heterocycles. The highest BCUT2D eigenvalue weighted by Crippen LogP contribution is 2.33. The van der Waals surface area contributed by atoms with Crippen LogP contribution in [0.4, 0.5) is 0 Å². The number of hydrogen-bond donors (Lipinski definition) is 1. The van der Waals surface area contributed by atoms with Crippen molar-refractivity contribution in [1.29, 1.82) is 0 Å². The van der Waals surface area contributed by atoms with Gasteiger partial charge in [-0.2, -0.15) is 0 Å². The normalized spacial score (nSPS) is 20.4. The lowest BCUT2D eigenvalue weighted by atomic mass is 9.89. The lowest BCUT2D eigenvalue weighted by Crippen LogP contribution is -2.29. The van der Waals surface area contributed by atoms with Crippen molar-refractivity contribution in [2.24, 2.45) is 11.7 Å². The van der Waals surface area contributed by atoms with Gasteiger partial charge < -0.3 is 19.9 Å². The molecule has 1 aliphatic rings. The maximum Gasteiger partial charge on any atom is 0.161 e. The molecule has 4 heteroatoms. The van der Waals surface area contributed by atoms with Crippen molar-refractivity contribution in [3.8, 4) is 11.5 Å². The van der Waals surface area contributed by atoms with Gasteiger partial charge in [-0.1, -0.05) is 6.07 Å². The van der Waals surface area contributed by atoms with Crippen LogP contribution in [0.3, 0.4) is 0 Å². The molecule has 0 saturated carbocycles. The molecule has 1 saturated heterocycles. The van der Waals surface area contributed by atoms with Crippen LogP contribution < -0.4 is 15.2 Å². The summed E-state index contributed by atoms with van der Waals surface area (Å²) < 4.78 is 16.8. The van der Waals surface area contributed by atoms with Gasteiger partial charge in [0.2, 0.25) is 0 Å². The van der Waals surface area contributed by atoms with Crippen LogP contribution in [0.15, 0.2) is 18.2 Å². The Bertz CT molecular complexity index is 416. The van der Waals surface area contributed by atoms with E-state index in [1.54, 1.807) is 0 Å². The second-order valence-corrected chi connectivity index (χ2v) is 5.08. The SMILES string of the molecule is CCOc1ccc(C(N)C2CCCOC2)cc1OCC. The molecule has 0 amide bonds. The van der Waals surface area contributed by atoms with Crippen molar-refractivity contribution in [3.63, 3.8) is 0 Å². The first kappa shape index (κ1) is 15.1. The zero-order valence-corrected chi connectivity index (χ0v) is 12.4. The summed E-state index contributed by atoms with van der Waals surface area (Å²) in [5, 5.41) is 0. The van der Waals surface area contributed by atoms with Crippen LogP contribution in [0.25, 0.3) is 0 Å². The molecule has 1 fully saturated rings. The third-order valence-corrected chi connectivity index (χ3v) is 3.66. The minimum Gasteiger partial charge on any atom is -0.490 e. The fraction of sp³-hybridized carbons (Fsp3) is 0.625. The summed E-state index contributed by atoms with van der Waals surface area (Å²) >= 11 is 0. The highest BCUT2D eigenvalue weighted by molar-refractivity contribution is 5.44. The van der Waals surface area contributed by atoms with Crippen LogP contribution in [0.2, 0.25) is 0 Å². The van der Waals surface area contributed by atoms with Crippen molar-refractivity contribution >= 4 is 0 Å². The van der Waals surface area contributed by atoms with Gasteiger partial charge in [0.05, 0.1) is 19.8 Å². The molecule has 2 unspecified atom stereocenters. The first-order valence-corrected chi connectivity index (χ1v) is 7.49. The molecule has 0 bridgehead atoms. The van der Waals surface area contributed by atoms with Crippen molar-refractivity contribution < 1.29 is 14.2 Å². The van der Waals surface area contributed by atoms with E-state index < -0.39 is 0 Å². The minimum absolute atomic E-state index is 0.00909. The molecule has 1 aromatic carbocycles. The monoisotopic (exact) mass is 279 g/mol. The summed E-state index contributed by atoms with van der Waals surface area (Å²) in [4.78, 5) is 0. The molecule has 1 aromatic rings. The van der Waals surface area contributed by atoms with Crippen molar-refractivity contribution in [1.82, 2.24) is 0 Å². The highest BCUT2D eigenvalue weighted by Gasteiger charge is 2.23. The Morgan fingerprint density at radius 2 is 2.00 bits per heavy atom. The molecule has 20 heavy (non-hydrogen) atoms. The molecule has 2 N–H and O–H groups in total. The molecule has 0 radical (unpaired) electrons. The van der Waals surface area contributed by atoms with Crippen molar-refractivity contribution in [2.45, 2.75) is 32.7 Å². The molecule has 4 nitrogen and oxygen atoms in total. The van der Waals surface area contributed by atoms with Gasteiger partial charge in [0.1, 0.15) is 0 Å². The van der Waals surface area contributed by atoms with Gasteiger partial charge in [-0.25, -0.2) is 0 Å². The molecule has 0 spiro atoms. The Labute approximate surface area is 121 Å². The second-order valence-electron chi connectivity index (χ2n) is 5.08. The van der Waals surface area contributed by atoms with E-state index >= 15 is 0 Å². The van der Waals surface area contributed by atoms with Gasteiger partial charge in [-0.05, 0) is 44.4 Å². The van der Waals surface area contributed by atoms with Gasteiger partial charge in [0.25, 0.3) is 0 Å². The number of nitrogens with two attached hydrogens (primary N) is 1. The zero-order chi connectivity index (χ0) is 14.4. The van der Waals surface area contributed by atoms with E-state index in [1.165, 1.54) is 0 Å². The highest BCUT2D eigenvalue weighted by atomic mass is 16.5. The number of benzene rings is 1. The van der Waals surface area contributed by atoms with Crippen LogP contribution >= 0.6 is 0 Å². The predicted octanol–water partition coefficient (Wildman–Crippen LogP) is 2.91. The second kappa shape index (κ2) is 7.50. The van der Waals surface area contributed by atoms with E-state index in [2.05, 4.69) is 0 Å². The van der Waals surface area contributed by atoms with Gasteiger partial charge in [-0.3, -0.25) is 0 Å². The Morgan fingerprint density at radius 1 is 1.25 bits per heavy atom. The molecule has 1 aliphatic heterocycles. The molecule has 2 atom stereocenters. The van der Waals surface area contributed by atoms with Crippen LogP contribution in [0, 0.1) is 5.92 Å². The lowest BCUT2D eigenvalue weighted by molar-refractivity contribution is 0.0447. The van der Waals surface area contributed by atoms with Gasteiger partial charge in [-0.15, -0.1) is 0 Å². The summed E-state index contributed by atoms with van der Waals surface area (Å²) in [5.41, 5.74) is 7.47. The minimum atomic E-state index is -0.00909. The number of hydrogen-bond acceptors (Lipinski definition) is 4. The third-order valence-electron chi connectivity index (χ3n) is 3.66. The van der Waals surface area contributed by atoms with Gasteiger partial charge in [0.15, 0.2) is 11.5 Å². The van der Waals surface area contributed by atoms with Crippen LogP contribution in [-0.2, 0) is 4.74 Å². The topological polar surface area (TPSA) is 53.7 Å². The largest absolute Gasteiger partial charge is 0.490 e. The van der Waals surface area contributed by atoms with E-state index in [9.17, 15) is 0 Å². The smallest absolute Gasteiger partial charge is 0.161 e. The Hall–Kier alpha value is -1.26. The van der Waals surface area contributed by atoms with E-state index in [0.717, 1.165) is 43.1 Å². The maximum atomic E-state index is 6.38. The summed E-state index contributed by atoms with van der Waals surface area (Å²) in [6.45, 7) is 6.79. The van der Waals surface area contributed by atoms with Crippen molar-refractivity contribution in [2.75, 3.05) is 26.4 Å². The van der Waals surface area contributed by atoms with Crippen LogP contribution in [0.5, 0.6) is 11.5 Å². The summed E-state index contributed by atoms with van der Waals surface area (Å²) in [6, 6.07) is 5.98. The Balaban J connectivity index is 2.16. The quantitative estimate of drug-likeness (QED) is 0.870. The Morgan fingerprint density at radius 3 is 2.65 bits per heavy atom. The van der Waals surface area contributed by atoms with Crippen LogP contribution in [-0.4, -0.2) is 26.4 Å². The summed E-state index contributed by atoms with van der Waals surface area (Å²) in [6.07, 6.45) is 2.21. The van der Waals surface area contributed by atoms with Crippen LogP contribution in [0.1, 0.15) is 38.3 Å². The molecular weight excluding hydrogens is 254 g/mol. The lowest BCUT2D eigenvalue weighted by Gasteiger charge is -2.28. The molecule has 0 aromatic heterocycles. The van der Waals surface area contributed by atoms with E-state index in [0.29, 0.717) is 19.1 Å². The van der Waals surface area contributed by atoms with E-state index in [1.807, 2.05) is 32.0 Å². The average molecular weight is 279 g/mol. The summed E-state index contributed by atoms with van der Waals surface area (Å²) in [5.74, 6) is 1.94. The van der Waals surface area contributed by atoms with Gasteiger partial charge in [0, 0.05) is 18.6 Å². The average Bonchev–Trinajstić information content (AvgIpc) is 2.50. The number of ether oxygens (including phenoxy) is 3. The fourth-order valence-electron chi connectivity index (χ4n) is 2.60. The zero-order valence-electron chi connectivity index (χ0n) is 12.4. The molecular formula is C16H25NO3. The fourth-order valence-corrected chi connectivity index (χ4v) is 2.60. The first-order valence-electron chi connectivity index (χ1n) is 7.49. The standard InChI is InChI=1S/C16H25NO3/c1-3-19-14-8-7-12(10-15(14)20-4-2)16(17)13-6-5-9-18-11-13/h7-8,10,13,16H,3-6,9,11,17H2,1-2H3. The van der Waals surface area contributed by atoms with E-state index in [4.69, 9.17) is 19.9 Å². The maximum absolute atomic E-state index is 6.38.